The average Bonchev–Trinajstić information content (AvgIpc) is 2.70. The van der Waals surface area contributed by atoms with Crippen LogP contribution in [0.2, 0.25) is 0 Å². The standard InChI is InChI=1S/C16H21N3O7S2/c1-26-16(21)12-27-10-5-15(20)17-6-8-18(9-7-17)28(24,25)14-4-2-3-13(11-14)19(22)23/h2-4,11H,5-10,12H2,1H3. The van der Waals surface area contributed by atoms with Crippen molar-refractivity contribution in [3.63, 3.8) is 0 Å². The maximum Gasteiger partial charge on any atom is 0.315 e. The Morgan fingerprint density at radius 2 is 1.93 bits per heavy atom. The van der Waals surface area contributed by atoms with Gasteiger partial charge in [-0.3, -0.25) is 19.7 Å². The van der Waals surface area contributed by atoms with Crippen LogP contribution < -0.4 is 0 Å². The number of hydrogen-bond donors (Lipinski definition) is 0. The van der Waals surface area contributed by atoms with Crippen molar-refractivity contribution >= 4 is 39.3 Å². The second-order valence-electron chi connectivity index (χ2n) is 5.92. The fourth-order valence-electron chi connectivity index (χ4n) is 2.62. The molecule has 0 unspecified atom stereocenters. The van der Waals surface area contributed by atoms with Crippen LogP contribution in [0.25, 0.3) is 0 Å². The molecule has 1 aliphatic rings. The van der Waals surface area contributed by atoms with Crippen molar-refractivity contribution in [2.24, 2.45) is 0 Å². The van der Waals surface area contributed by atoms with Gasteiger partial charge in [0.1, 0.15) is 0 Å². The molecule has 0 spiro atoms. The molecule has 0 aromatic heterocycles. The number of methoxy groups -OCH3 is 1. The summed E-state index contributed by atoms with van der Waals surface area (Å²) in [4.78, 5) is 34.9. The molecule has 1 aromatic carbocycles. The Labute approximate surface area is 167 Å². The molecule has 1 amide bonds. The largest absolute Gasteiger partial charge is 0.468 e. The molecule has 0 saturated carbocycles. The minimum absolute atomic E-state index is 0.107. The summed E-state index contributed by atoms with van der Waals surface area (Å²) >= 11 is 1.30. The van der Waals surface area contributed by atoms with Gasteiger partial charge in [0.05, 0.1) is 22.7 Å². The van der Waals surface area contributed by atoms with Crippen LogP contribution in [0.1, 0.15) is 6.42 Å². The van der Waals surface area contributed by atoms with Crippen molar-refractivity contribution in [2.75, 3.05) is 44.8 Å². The zero-order chi connectivity index (χ0) is 20.7. The van der Waals surface area contributed by atoms with Gasteiger partial charge in [0.15, 0.2) is 0 Å². The molecule has 0 N–H and O–H groups in total. The number of esters is 1. The zero-order valence-corrected chi connectivity index (χ0v) is 16.9. The molecule has 1 fully saturated rings. The number of piperazine rings is 1. The summed E-state index contributed by atoms with van der Waals surface area (Å²) in [6.45, 7) is 0.724. The summed E-state index contributed by atoms with van der Waals surface area (Å²) in [5.41, 5.74) is -0.292. The molecule has 154 valence electrons. The van der Waals surface area contributed by atoms with E-state index in [1.54, 1.807) is 4.90 Å². The molecule has 2 rings (SSSR count). The number of nitro benzene ring substituents is 1. The van der Waals surface area contributed by atoms with Crippen molar-refractivity contribution in [1.29, 1.82) is 0 Å². The first kappa shape index (κ1) is 22.1. The van der Waals surface area contributed by atoms with Crippen molar-refractivity contribution in [3.8, 4) is 0 Å². The number of rotatable bonds is 8. The molecule has 1 saturated heterocycles. The van der Waals surface area contributed by atoms with Crippen molar-refractivity contribution in [3.05, 3.63) is 34.4 Å². The van der Waals surface area contributed by atoms with Crippen molar-refractivity contribution in [1.82, 2.24) is 9.21 Å². The van der Waals surface area contributed by atoms with Crippen LogP contribution >= 0.6 is 11.8 Å². The number of sulfonamides is 1. The second kappa shape index (κ2) is 9.85. The van der Waals surface area contributed by atoms with E-state index in [4.69, 9.17) is 0 Å². The highest BCUT2D eigenvalue weighted by Crippen LogP contribution is 2.22. The average molecular weight is 431 g/mol. The number of hydrogen-bond acceptors (Lipinski definition) is 8. The van der Waals surface area contributed by atoms with Crippen LogP contribution in [-0.2, 0) is 24.3 Å². The summed E-state index contributed by atoms with van der Waals surface area (Å²) in [5.74, 6) is 0.196. The number of ether oxygens (including phenoxy) is 1. The molecule has 1 aromatic rings. The van der Waals surface area contributed by atoms with Crippen LogP contribution in [0.15, 0.2) is 29.2 Å². The van der Waals surface area contributed by atoms with Crippen LogP contribution in [-0.4, -0.2) is 79.2 Å². The Balaban J connectivity index is 1.88. The lowest BCUT2D eigenvalue weighted by Gasteiger charge is -2.34. The summed E-state index contributed by atoms with van der Waals surface area (Å²) in [7, 11) is -2.56. The monoisotopic (exact) mass is 431 g/mol. The maximum absolute atomic E-state index is 12.7. The van der Waals surface area contributed by atoms with E-state index in [-0.39, 0.29) is 60.8 Å². The van der Waals surface area contributed by atoms with Gasteiger partial charge in [-0.05, 0) is 6.07 Å². The van der Waals surface area contributed by atoms with Crippen molar-refractivity contribution in [2.45, 2.75) is 11.3 Å². The number of carbonyl (C=O) groups is 2. The third-order valence-corrected chi connectivity index (χ3v) is 6.99. The predicted octanol–water partition coefficient (Wildman–Crippen LogP) is 0.724. The van der Waals surface area contributed by atoms with Gasteiger partial charge in [0, 0.05) is 50.5 Å². The highest BCUT2D eigenvalue weighted by Gasteiger charge is 2.30. The zero-order valence-electron chi connectivity index (χ0n) is 15.3. The van der Waals surface area contributed by atoms with Crippen LogP contribution in [0.4, 0.5) is 5.69 Å². The van der Waals surface area contributed by atoms with Gasteiger partial charge in [-0.25, -0.2) is 8.42 Å². The summed E-state index contributed by atoms with van der Waals surface area (Å²) < 4.78 is 31.1. The van der Waals surface area contributed by atoms with Gasteiger partial charge in [-0.2, -0.15) is 4.31 Å². The fraction of sp³-hybridized carbons (Fsp3) is 0.500. The van der Waals surface area contributed by atoms with Gasteiger partial charge < -0.3 is 9.64 Å². The lowest BCUT2D eigenvalue weighted by atomic mass is 10.3. The topological polar surface area (TPSA) is 127 Å². The molecule has 1 heterocycles. The third-order valence-electron chi connectivity index (χ3n) is 4.17. The lowest BCUT2D eigenvalue weighted by Crippen LogP contribution is -2.50. The van der Waals surface area contributed by atoms with Crippen molar-refractivity contribution < 1.29 is 27.7 Å². The Morgan fingerprint density at radius 3 is 2.54 bits per heavy atom. The van der Waals surface area contributed by atoms with Gasteiger partial charge in [-0.15, -0.1) is 11.8 Å². The first-order valence-corrected chi connectivity index (χ1v) is 11.0. The molecule has 28 heavy (non-hydrogen) atoms. The Hall–Kier alpha value is -2.18. The molecule has 0 bridgehead atoms. The first-order chi connectivity index (χ1) is 13.3. The SMILES string of the molecule is COC(=O)CSCCC(=O)N1CCN(S(=O)(=O)c2cccc([N+](=O)[O-])c2)CC1. The number of amides is 1. The summed E-state index contributed by atoms with van der Waals surface area (Å²) in [5, 5.41) is 10.9. The minimum atomic E-state index is -3.87. The number of thioether (sulfide) groups is 1. The summed E-state index contributed by atoms with van der Waals surface area (Å²) in [6, 6.07) is 4.91. The lowest BCUT2D eigenvalue weighted by molar-refractivity contribution is -0.385. The van der Waals surface area contributed by atoms with Crippen LogP contribution in [0.5, 0.6) is 0 Å². The minimum Gasteiger partial charge on any atom is -0.468 e. The maximum atomic E-state index is 12.7. The molecular weight excluding hydrogens is 410 g/mol. The van der Waals surface area contributed by atoms with E-state index in [0.717, 1.165) is 6.07 Å². The summed E-state index contributed by atoms with van der Waals surface area (Å²) in [6.07, 6.45) is 0.249. The van der Waals surface area contributed by atoms with Gasteiger partial charge in [0.25, 0.3) is 5.69 Å². The Kier molecular flexibility index (Phi) is 7.78. The van der Waals surface area contributed by atoms with Gasteiger partial charge in [0.2, 0.25) is 15.9 Å². The van der Waals surface area contributed by atoms with E-state index in [9.17, 15) is 28.1 Å². The number of nitrogens with zero attached hydrogens (tertiary/aromatic N) is 3. The van der Waals surface area contributed by atoms with Crippen LogP contribution in [0.3, 0.4) is 0 Å². The van der Waals surface area contributed by atoms with E-state index >= 15 is 0 Å². The van der Waals surface area contributed by atoms with Crippen LogP contribution in [0, 0.1) is 10.1 Å². The number of carbonyl (C=O) groups excluding carboxylic acids is 2. The molecule has 10 nitrogen and oxygen atoms in total. The van der Waals surface area contributed by atoms with E-state index < -0.39 is 14.9 Å². The molecule has 1 aliphatic heterocycles. The molecule has 0 radical (unpaired) electrons. The molecule has 0 aliphatic carbocycles. The smallest absolute Gasteiger partial charge is 0.315 e. The predicted molar refractivity (Wildman–Crippen MR) is 102 cm³/mol. The molecular formula is C16H21N3O7S2. The van der Waals surface area contributed by atoms with Gasteiger partial charge >= 0.3 is 5.97 Å². The molecule has 0 atom stereocenters. The van der Waals surface area contributed by atoms with Gasteiger partial charge in [-0.1, -0.05) is 6.07 Å². The third kappa shape index (κ3) is 5.66. The number of non-ortho nitro benzene ring substituents is 1. The highest BCUT2D eigenvalue weighted by atomic mass is 32.2. The molecule has 12 heteroatoms. The fourth-order valence-corrected chi connectivity index (χ4v) is 4.83. The van der Waals surface area contributed by atoms with E-state index in [2.05, 4.69) is 4.74 Å². The van der Waals surface area contributed by atoms with E-state index in [1.165, 1.54) is 41.4 Å². The Bertz CT molecular complexity index is 836. The normalized spacial score (nSPS) is 15.2. The first-order valence-electron chi connectivity index (χ1n) is 8.42. The second-order valence-corrected chi connectivity index (χ2v) is 8.96. The quantitative estimate of drug-likeness (QED) is 0.255. The Morgan fingerprint density at radius 1 is 1.25 bits per heavy atom. The highest BCUT2D eigenvalue weighted by molar-refractivity contribution is 7.99. The van der Waals surface area contributed by atoms with E-state index in [0.29, 0.717) is 5.75 Å². The number of benzene rings is 1. The van der Waals surface area contributed by atoms with E-state index in [1.807, 2.05) is 0 Å². The number of nitro groups is 1.